The Kier molecular flexibility index (Phi) is 9.78. The lowest BCUT2D eigenvalue weighted by Gasteiger charge is -2.18. The summed E-state index contributed by atoms with van der Waals surface area (Å²) in [5.41, 5.74) is 5.70. The lowest BCUT2D eigenvalue weighted by atomic mass is 9.88. The second kappa shape index (κ2) is 14.5. The van der Waals surface area contributed by atoms with Gasteiger partial charge in [-0.2, -0.15) is 0 Å². The molecule has 0 spiro atoms. The molecular weight excluding hydrogens is 566 g/mol. The monoisotopic (exact) mass is 605 g/mol. The fourth-order valence-corrected chi connectivity index (χ4v) is 5.96. The second-order valence-electron chi connectivity index (χ2n) is 11.4. The summed E-state index contributed by atoms with van der Waals surface area (Å²) in [4.78, 5) is 12.6. The average molecular weight is 606 g/mol. The Morgan fingerprint density at radius 3 is 2.16 bits per heavy atom. The van der Waals surface area contributed by atoms with Crippen LogP contribution < -0.4 is 24.3 Å². The summed E-state index contributed by atoms with van der Waals surface area (Å²) in [5.74, 6) is 2.23. The zero-order chi connectivity index (χ0) is 31.0. The molecule has 0 saturated heterocycles. The van der Waals surface area contributed by atoms with Crippen molar-refractivity contribution in [2.45, 2.75) is 51.2 Å². The van der Waals surface area contributed by atoms with Gasteiger partial charge in [0.1, 0.15) is 24.2 Å². The van der Waals surface area contributed by atoms with Crippen LogP contribution in [0.15, 0.2) is 97.1 Å². The molecule has 1 fully saturated rings. The van der Waals surface area contributed by atoms with Gasteiger partial charge in [0.05, 0.1) is 5.56 Å². The maximum absolute atomic E-state index is 12.6. The highest BCUT2D eigenvalue weighted by atomic mass is 16.7. The Balaban J connectivity index is 1.24. The van der Waals surface area contributed by atoms with Crippen LogP contribution in [0, 0.1) is 0 Å². The first-order valence-corrected chi connectivity index (χ1v) is 15.7. The number of ether oxygens (including phenoxy) is 4. The molecule has 0 radical (unpaired) electrons. The first-order valence-electron chi connectivity index (χ1n) is 15.7. The van der Waals surface area contributed by atoms with E-state index in [4.69, 9.17) is 18.9 Å². The van der Waals surface area contributed by atoms with E-state index in [0.717, 1.165) is 45.8 Å². The van der Waals surface area contributed by atoms with E-state index in [1.54, 1.807) is 12.1 Å². The van der Waals surface area contributed by atoms with Crippen LogP contribution in [-0.4, -0.2) is 43.2 Å². The van der Waals surface area contributed by atoms with Crippen molar-refractivity contribution in [1.82, 2.24) is 5.32 Å². The minimum atomic E-state index is -0.576. The number of rotatable bonds is 12. The van der Waals surface area contributed by atoms with Crippen molar-refractivity contribution in [2.75, 3.05) is 19.9 Å². The van der Waals surface area contributed by atoms with Crippen LogP contribution in [-0.2, 0) is 0 Å². The van der Waals surface area contributed by atoms with Gasteiger partial charge in [0, 0.05) is 12.6 Å². The topological polar surface area (TPSA) is 86.2 Å². The summed E-state index contributed by atoms with van der Waals surface area (Å²) in [7, 11) is 0. The number of esters is 1. The lowest BCUT2D eigenvalue weighted by Crippen LogP contribution is -2.36. The average Bonchev–Trinajstić information content (AvgIpc) is 3.79. The smallest absolute Gasteiger partial charge is 0.343 e. The quantitative estimate of drug-likeness (QED) is 0.0998. The first-order chi connectivity index (χ1) is 22.1. The zero-order valence-electron chi connectivity index (χ0n) is 25.5. The van der Waals surface area contributed by atoms with Gasteiger partial charge in [0.15, 0.2) is 11.5 Å². The van der Waals surface area contributed by atoms with Gasteiger partial charge < -0.3 is 29.4 Å². The number of allylic oxidation sites excluding steroid dienone is 1. The first kappa shape index (κ1) is 30.4. The van der Waals surface area contributed by atoms with E-state index < -0.39 is 12.1 Å². The number of hydrogen-bond donors (Lipinski definition) is 2. The van der Waals surface area contributed by atoms with Crippen molar-refractivity contribution in [3.05, 3.63) is 119 Å². The van der Waals surface area contributed by atoms with Crippen molar-refractivity contribution in [3.8, 4) is 23.0 Å². The fourth-order valence-electron chi connectivity index (χ4n) is 5.96. The van der Waals surface area contributed by atoms with E-state index in [1.165, 1.54) is 25.7 Å². The maximum atomic E-state index is 12.6. The summed E-state index contributed by atoms with van der Waals surface area (Å²) in [6, 6.07) is 31.0. The summed E-state index contributed by atoms with van der Waals surface area (Å²) in [6.45, 7) is 3.10. The van der Waals surface area contributed by atoms with E-state index in [9.17, 15) is 9.90 Å². The molecule has 6 rings (SSSR count). The molecule has 0 aromatic heterocycles. The zero-order valence-corrected chi connectivity index (χ0v) is 25.5. The molecule has 1 saturated carbocycles. The third kappa shape index (κ3) is 7.56. The molecule has 1 aliphatic heterocycles. The van der Waals surface area contributed by atoms with Crippen LogP contribution in [0.25, 0.3) is 11.1 Å². The minimum Gasteiger partial charge on any atom is -0.491 e. The van der Waals surface area contributed by atoms with Gasteiger partial charge >= 0.3 is 5.97 Å². The van der Waals surface area contributed by atoms with Crippen LogP contribution in [0.1, 0.15) is 66.1 Å². The highest BCUT2D eigenvalue weighted by Crippen LogP contribution is 2.40. The molecule has 1 unspecified atom stereocenters. The summed E-state index contributed by atoms with van der Waals surface area (Å²) >= 11 is 0. The molecule has 45 heavy (non-hydrogen) atoms. The molecule has 1 atom stereocenters. The summed E-state index contributed by atoms with van der Waals surface area (Å²) < 4.78 is 22.8. The second-order valence-corrected chi connectivity index (χ2v) is 11.4. The van der Waals surface area contributed by atoms with Gasteiger partial charge in [0.2, 0.25) is 6.79 Å². The van der Waals surface area contributed by atoms with E-state index in [1.807, 2.05) is 78.9 Å². The molecule has 1 heterocycles. The largest absolute Gasteiger partial charge is 0.491 e. The van der Waals surface area contributed by atoms with Crippen LogP contribution in [0.5, 0.6) is 23.0 Å². The van der Waals surface area contributed by atoms with Crippen LogP contribution in [0.2, 0.25) is 0 Å². The maximum Gasteiger partial charge on any atom is 0.343 e. The predicted molar refractivity (Wildman–Crippen MR) is 175 cm³/mol. The Labute approximate surface area is 264 Å². The van der Waals surface area contributed by atoms with E-state index in [2.05, 4.69) is 18.3 Å². The van der Waals surface area contributed by atoms with Crippen LogP contribution in [0.3, 0.4) is 0 Å². The Hall–Kier alpha value is -4.59. The summed E-state index contributed by atoms with van der Waals surface area (Å²) in [6.07, 6.45) is 5.06. The van der Waals surface area contributed by atoms with E-state index in [-0.39, 0.29) is 13.4 Å². The standard InChI is InChI=1S/C38H39NO6/c1-2-34(29-16-21-35-36(22-29)44-25-43-35)37(27-14-19-33(20-15-27)45-38(41)28-8-4-3-5-9-28)26-12-17-32(18-13-26)42-24-31(40)23-39-30-10-6-7-11-30/h3-5,8-9,12-22,30-31,39-40H,2,6-7,10-11,23-25H2,1H3/b37-34+. The number of carbonyl (C=O) groups excluding carboxylic acids is 1. The molecule has 7 heteroatoms. The third-order valence-electron chi connectivity index (χ3n) is 8.32. The molecular formula is C38H39NO6. The van der Waals surface area contributed by atoms with Gasteiger partial charge in [-0.25, -0.2) is 4.79 Å². The van der Waals surface area contributed by atoms with E-state index >= 15 is 0 Å². The molecule has 0 amide bonds. The Bertz CT molecular complexity index is 1610. The van der Waals surface area contributed by atoms with Gasteiger partial charge in [-0.1, -0.05) is 68.3 Å². The summed E-state index contributed by atoms with van der Waals surface area (Å²) in [5, 5.41) is 13.9. The van der Waals surface area contributed by atoms with Crippen molar-refractivity contribution < 1.29 is 28.8 Å². The van der Waals surface area contributed by atoms with Gasteiger partial charge in [0.25, 0.3) is 0 Å². The van der Waals surface area contributed by atoms with E-state index in [0.29, 0.717) is 29.6 Å². The number of nitrogens with one attached hydrogen (secondary N) is 1. The number of aliphatic hydroxyl groups excluding tert-OH is 1. The number of aliphatic hydroxyl groups is 1. The van der Waals surface area contributed by atoms with Gasteiger partial charge in [-0.05, 0) is 95.6 Å². The van der Waals surface area contributed by atoms with Gasteiger partial charge in [-0.15, -0.1) is 0 Å². The number of benzene rings is 4. The third-order valence-corrected chi connectivity index (χ3v) is 8.32. The normalized spacial score (nSPS) is 15.4. The molecule has 4 aromatic rings. The number of hydrogen-bond acceptors (Lipinski definition) is 7. The lowest BCUT2D eigenvalue weighted by molar-refractivity contribution is 0.0734. The molecule has 0 bridgehead atoms. The minimum absolute atomic E-state index is 0.215. The molecule has 232 valence electrons. The highest BCUT2D eigenvalue weighted by Gasteiger charge is 2.19. The van der Waals surface area contributed by atoms with Crippen molar-refractivity contribution >= 4 is 17.1 Å². The van der Waals surface area contributed by atoms with Crippen LogP contribution in [0.4, 0.5) is 0 Å². The highest BCUT2D eigenvalue weighted by molar-refractivity contribution is 5.99. The fraction of sp³-hybridized carbons (Fsp3) is 0.289. The van der Waals surface area contributed by atoms with Crippen molar-refractivity contribution in [2.24, 2.45) is 0 Å². The molecule has 2 N–H and O–H groups in total. The Morgan fingerprint density at radius 1 is 0.822 bits per heavy atom. The van der Waals surface area contributed by atoms with Crippen molar-refractivity contribution in [1.29, 1.82) is 0 Å². The number of carbonyl (C=O) groups is 1. The molecule has 4 aromatic carbocycles. The van der Waals surface area contributed by atoms with Crippen molar-refractivity contribution in [3.63, 3.8) is 0 Å². The number of fused-ring (bicyclic) bond motifs is 1. The molecule has 7 nitrogen and oxygen atoms in total. The predicted octanol–water partition coefficient (Wildman–Crippen LogP) is 7.28. The Morgan fingerprint density at radius 2 is 1.47 bits per heavy atom. The van der Waals surface area contributed by atoms with Gasteiger partial charge in [-0.3, -0.25) is 0 Å². The van der Waals surface area contributed by atoms with Crippen LogP contribution >= 0.6 is 0 Å². The molecule has 2 aliphatic rings. The molecule has 1 aliphatic carbocycles. The SMILES string of the molecule is CC/C(=C(/c1ccc(OCC(O)CNC2CCCC2)cc1)c1ccc(OC(=O)c2ccccc2)cc1)c1ccc2c(c1)OCO2.